The molecular weight excluding hydrogens is 411 g/mol. The van der Waals surface area contributed by atoms with Gasteiger partial charge in [-0.25, -0.2) is 18.1 Å². The van der Waals surface area contributed by atoms with E-state index in [1.807, 2.05) is 0 Å². The summed E-state index contributed by atoms with van der Waals surface area (Å²) >= 11 is 0. The number of halogens is 3. The molecular formula is C18H20F3N3O4S. The van der Waals surface area contributed by atoms with Gasteiger partial charge in [0.15, 0.2) is 6.61 Å². The van der Waals surface area contributed by atoms with Gasteiger partial charge < -0.3 is 10.1 Å². The van der Waals surface area contributed by atoms with Crippen molar-refractivity contribution in [1.29, 1.82) is 0 Å². The molecule has 2 N–H and O–H groups in total. The van der Waals surface area contributed by atoms with E-state index in [2.05, 4.69) is 19.8 Å². The first-order chi connectivity index (χ1) is 13.5. The topological polar surface area (TPSA) is 97.4 Å². The van der Waals surface area contributed by atoms with Crippen molar-refractivity contribution >= 4 is 15.9 Å². The van der Waals surface area contributed by atoms with Crippen LogP contribution in [-0.4, -0.2) is 38.1 Å². The Morgan fingerprint density at radius 3 is 2.59 bits per heavy atom. The maximum atomic E-state index is 12.4. The molecule has 0 bridgehead atoms. The summed E-state index contributed by atoms with van der Waals surface area (Å²) in [5.41, 5.74) is 0.327. The lowest BCUT2D eigenvalue weighted by Gasteiger charge is -2.13. The maximum Gasteiger partial charge on any atom is 0.422 e. The minimum absolute atomic E-state index is 0.0746. The summed E-state index contributed by atoms with van der Waals surface area (Å²) in [5.74, 6) is -0.847. The number of alkyl halides is 3. The molecule has 1 aromatic carbocycles. The Morgan fingerprint density at radius 2 is 1.93 bits per heavy atom. The lowest BCUT2D eigenvalue weighted by molar-refractivity contribution is -0.154. The summed E-state index contributed by atoms with van der Waals surface area (Å²) in [7, 11) is -3.78. The fourth-order valence-electron chi connectivity index (χ4n) is 2.30. The van der Waals surface area contributed by atoms with Gasteiger partial charge in [-0.1, -0.05) is 12.1 Å². The zero-order chi connectivity index (χ0) is 21.7. The third kappa shape index (κ3) is 7.02. The van der Waals surface area contributed by atoms with Crippen LogP contribution in [0.4, 0.5) is 13.2 Å². The monoisotopic (exact) mass is 431 g/mol. The van der Waals surface area contributed by atoms with E-state index in [0.29, 0.717) is 0 Å². The predicted molar refractivity (Wildman–Crippen MR) is 98.9 cm³/mol. The molecule has 0 spiro atoms. The van der Waals surface area contributed by atoms with Crippen LogP contribution in [0.15, 0.2) is 47.5 Å². The zero-order valence-corrected chi connectivity index (χ0v) is 16.5. The average Bonchev–Trinajstić information content (AvgIpc) is 2.63. The van der Waals surface area contributed by atoms with Crippen molar-refractivity contribution in [1.82, 2.24) is 15.0 Å². The van der Waals surface area contributed by atoms with Crippen molar-refractivity contribution in [2.75, 3.05) is 6.61 Å². The van der Waals surface area contributed by atoms with Crippen LogP contribution in [0.2, 0.25) is 0 Å². The van der Waals surface area contributed by atoms with E-state index < -0.39 is 28.7 Å². The van der Waals surface area contributed by atoms with E-state index in [-0.39, 0.29) is 34.5 Å². The molecule has 0 aliphatic carbocycles. The minimum Gasteiger partial charge on any atom is -0.468 e. The molecule has 1 amide bonds. The average molecular weight is 431 g/mol. The van der Waals surface area contributed by atoms with E-state index in [0.717, 1.165) is 0 Å². The summed E-state index contributed by atoms with van der Waals surface area (Å²) in [4.78, 5) is 16.1. The van der Waals surface area contributed by atoms with Crippen LogP contribution in [0.25, 0.3) is 0 Å². The lowest BCUT2D eigenvalue weighted by atomic mass is 10.2. The highest BCUT2D eigenvalue weighted by Crippen LogP contribution is 2.20. The number of carbonyl (C=O) groups is 1. The Hall–Kier alpha value is -2.66. The first kappa shape index (κ1) is 22.6. The van der Waals surface area contributed by atoms with Gasteiger partial charge in [-0.2, -0.15) is 13.2 Å². The van der Waals surface area contributed by atoms with Crippen LogP contribution >= 0.6 is 0 Å². The zero-order valence-electron chi connectivity index (χ0n) is 15.7. The van der Waals surface area contributed by atoms with Crippen LogP contribution in [0.1, 0.15) is 29.8 Å². The predicted octanol–water partition coefficient (Wildman–Crippen LogP) is 2.64. The number of sulfonamides is 1. The highest BCUT2D eigenvalue weighted by atomic mass is 32.2. The van der Waals surface area contributed by atoms with Crippen LogP contribution in [-0.2, 0) is 16.6 Å². The molecule has 11 heteroatoms. The van der Waals surface area contributed by atoms with Gasteiger partial charge in [0.25, 0.3) is 5.91 Å². The van der Waals surface area contributed by atoms with E-state index >= 15 is 0 Å². The van der Waals surface area contributed by atoms with E-state index in [1.54, 1.807) is 13.8 Å². The molecule has 0 atom stereocenters. The Kier molecular flexibility index (Phi) is 7.20. The molecule has 0 saturated heterocycles. The number of carbonyl (C=O) groups excluding carboxylic acids is 1. The Labute approximate surface area is 166 Å². The minimum atomic E-state index is -4.52. The number of ether oxygens (including phenoxy) is 1. The Bertz CT molecular complexity index is 963. The van der Waals surface area contributed by atoms with Crippen molar-refractivity contribution in [3.63, 3.8) is 0 Å². The van der Waals surface area contributed by atoms with Crippen LogP contribution in [0.3, 0.4) is 0 Å². The maximum absolute atomic E-state index is 12.4. The van der Waals surface area contributed by atoms with Gasteiger partial charge in [-0.05, 0) is 38.1 Å². The number of hydrogen-bond acceptors (Lipinski definition) is 5. The molecule has 1 heterocycles. The molecule has 2 rings (SSSR count). The van der Waals surface area contributed by atoms with E-state index in [9.17, 15) is 26.4 Å². The Morgan fingerprint density at radius 1 is 1.21 bits per heavy atom. The third-order valence-corrected chi connectivity index (χ3v) is 5.12. The first-order valence-corrected chi connectivity index (χ1v) is 10.0. The molecule has 0 aliphatic heterocycles. The molecule has 158 valence electrons. The third-order valence-electron chi connectivity index (χ3n) is 3.46. The van der Waals surface area contributed by atoms with Gasteiger partial charge in [0, 0.05) is 29.9 Å². The lowest BCUT2D eigenvalue weighted by Crippen LogP contribution is -2.30. The highest BCUT2D eigenvalue weighted by Gasteiger charge is 2.29. The number of benzene rings is 1. The molecule has 0 radical (unpaired) electrons. The number of pyridine rings is 1. The molecule has 0 fully saturated rings. The number of rotatable bonds is 8. The summed E-state index contributed by atoms with van der Waals surface area (Å²) in [6.45, 7) is 1.68. The standard InChI is InChI=1S/C18H20F3N3O4S/c1-12(2)24-29(26,27)15-7-3-5-13(9-15)16(25)23-10-14-6-4-8-22-17(14)28-11-18(19,20)21/h3-9,12,24H,10-11H2,1-2H3,(H,23,25). The largest absolute Gasteiger partial charge is 0.468 e. The van der Waals surface area contributed by atoms with Gasteiger partial charge >= 0.3 is 6.18 Å². The molecule has 0 unspecified atom stereocenters. The number of aromatic nitrogens is 1. The summed E-state index contributed by atoms with van der Waals surface area (Å²) in [6, 6.07) is 8.05. The van der Waals surface area contributed by atoms with Gasteiger partial charge in [0.05, 0.1) is 4.90 Å². The van der Waals surface area contributed by atoms with Crippen LogP contribution < -0.4 is 14.8 Å². The Balaban J connectivity index is 2.10. The quantitative estimate of drug-likeness (QED) is 0.670. The SMILES string of the molecule is CC(C)NS(=O)(=O)c1cccc(C(=O)NCc2cccnc2OCC(F)(F)F)c1. The van der Waals surface area contributed by atoms with Crippen molar-refractivity contribution < 1.29 is 31.1 Å². The number of nitrogens with one attached hydrogen (secondary N) is 2. The van der Waals surface area contributed by atoms with Crippen molar-refractivity contribution in [2.24, 2.45) is 0 Å². The summed E-state index contributed by atoms with van der Waals surface area (Å²) in [5, 5.41) is 2.52. The van der Waals surface area contributed by atoms with E-state index in [4.69, 9.17) is 0 Å². The fraction of sp³-hybridized carbons (Fsp3) is 0.333. The second kappa shape index (κ2) is 9.23. The normalized spacial score (nSPS) is 12.1. The van der Waals surface area contributed by atoms with Gasteiger partial charge in [0.1, 0.15) is 0 Å². The summed E-state index contributed by atoms with van der Waals surface area (Å²) in [6.07, 6.45) is -3.25. The molecule has 1 aromatic heterocycles. The number of amides is 1. The number of hydrogen-bond donors (Lipinski definition) is 2. The first-order valence-electron chi connectivity index (χ1n) is 8.52. The smallest absolute Gasteiger partial charge is 0.422 e. The van der Waals surface area contributed by atoms with Gasteiger partial charge in [-0.15, -0.1) is 0 Å². The molecule has 7 nitrogen and oxygen atoms in total. The fourth-order valence-corrected chi connectivity index (χ4v) is 3.60. The highest BCUT2D eigenvalue weighted by molar-refractivity contribution is 7.89. The van der Waals surface area contributed by atoms with Crippen LogP contribution in [0, 0.1) is 0 Å². The van der Waals surface area contributed by atoms with E-state index in [1.165, 1.54) is 42.6 Å². The van der Waals surface area contributed by atoms with Crippen LogP contribution in [0.5, 0.6) is 5.88 Å². The van der Waals surface area contributed by atoms with Gasteiger partial charge in [-0.3, -0.25) is 4.79 Å². The van der Waals surface area contributed by atoms with Crippen molar-refractivity contribution in [3.8, 4) is 5.88 Å². The summed E-state index contributed by atoms with van der Waals surface area (Å²) < 4.78 is 68.6. The molecule has 0 aliphatic rings. The van der Waals surface area contributed by atoms with Crippen molar-refractivity contribution in [3.05, 3.63) is 53.7 Å². The molecule has 2 aromatic rings. The second-order valence-corrected chi connectivity index (χ2v) is 8.07. The number of nitrogens with zero attached hydrogens (tertiary/aromatic N) is 1. The van der Waals surface area contributed by atoms with Gasteiger partial charge in [0.2, 0.25) is 15.9 Å². The molecule has 0 saturated carbocycles. The molecule has 29 heavy (non-hydrogen) atoms. The van der Waals surface area contributed by atoms with Crippen molar-refractivity contribution in [2.45, 2.75) is 37.5 Å². The second-order valence-electron chi connectivity index (χ2n) is 6.36.